The second-order valence-electron chi connectivity index (χ2n) is 4.35. The molecule has 94 valence electrons. The Hall–Kier alpha value is -1.30. The molecule has 0 saturated heterocycles. The molecular weight excluding hydrogens is 212 g/mol. The first-order valence-electron chi connectivity index (χ1n) is 5.01. The number of carbonyl (C=O) groups is 2. The molecule has 0 aromatic rings. The van der Waals surface area contributed by atoms with Crippen LogP contribution in [0.5, 0.6) is 0 Å². The topological polar surface area (TPSA) is 81.1 Å². The fourth-order valence-corrected chi connectivity index (χ4v) is 0.930. The Morgan fingerprint density at radius 1 is 1.31 bits per heavy atom. The van der Waals surface area contributed by atoms with Gasteiger partial charge in [-0.2, -0.15) is 0 Å². The second-order valence-corrected chi connectivity index (χ2v) is 4.35. The number of likely N-dealkylation sites (N-methyl/N-ethyl adjacent to an activating group) is 2. The first-order valence-corrected chi connectivity index (χ1v) is 5.01. The van der Waals surface area contributed by atoms with Crippen molar-refractivity contribution in [2.24, 2.45) is 0 Å². The van der Waals surface area contributed by atoms with E-state index in [9.17, 15) is 9.59 Å². The number of amides is 2. The molecule has 0 spiro atoms. The van der Waals surface area contributed by atoms with Crippen LogP contribution in [-0.2, 0) is 4.79 Å². The zero-order valence-electron chi connectivity index (χ0n) is 10.4. The van der Waals surface area contributed by atoms with E-state index in [-0.39, 0.29) is 12.6 Å². The number of hydrogen-bond acceptors (Lipinski definition) is 3. The lowest BCUT2D eigenvalue weighted by Gasteiger charge is -2.36. The lowest BCUT2D eigenvalue weighted by atomic mass is 10.0. The average molecular weight is 232 g/mol. The molecule has 0 aromatic heterocycles. The SMILES string of the molecule is CC(CO)N(C)C(=O)N(C)C(C)(C)C(=O)O. The van der Waals surface area contributed by atoms with Crippen molar-refractivity contribution in [3.63, 3.8) is 0 Å². The summed E-state index contributed by atoms with van der Waals surface area (Å²) in [4.78, 5) is 25.3. The molecule has 1 unspecified atom stereocenters. The molecule has 0 bridgehead atoms. The van der Waals surface area contributed by atoms with Crippen molar-refractivity contribution in [1.82, 2.24) is 9.80 Å². The van der Waals surface area contributed by atoms with Crippen LogP contribution in [0.15, 0.2) is 0 Å². The number of nitrogens with zero attached hydrogens (tertiary/aromatic N) is 2. The highest BCUT2D eigenvalue weighted by Gasteiger charge is 2.37. The Bertz CT molecular complexity index is 278. The van der Waals surface area contributed by atoms with Gasteiger partial charge in [-0.05, 0) is 20.8 Å². The van der Waals surface area contributed by atoms with Gasteiger partial charge in [0.25, 0.3) is 0 Å². The van der Waals surface area contributed by atoms with Crippen LogP contribution >= 0.6 is 0 Å². The molecule has 2 amide bonds. The van der Waals surface area contributed by atoms with Crippen molar-refractivity contribution < 1.29 is 19.8 Å². The van der Waals surface area contributed by atoms with Gasteiger partial charge >= 0.3 is 12.0 Å². The number of urea groups is 1. The molecule has 0 aliphatic rings. The van der Waals surface area contributed by atoms with Gasteiger partial charge < -0.3 is 20.0 Å². The third-order valence-electron chi connectivity index (χ3n) is 2.88. The van der Waals surface area contributed by atoms with Crippen molar-refractivity contribution in [1.29, 1.82) is 0 Å². The fourth-order valence-electron chi connectivity index (χ4n) is 0.930. The van der Waals surface area contributed by atoms with E-state index in [0.29, 0.717) is 0 Å². The molecule has 0 heterocycles. The number of carboxylic acid groups (broad SMARTS) is 1. The Labute approximate surface area is 95.5 Å². The second kappa shape index (κ2) is 5.16. The largest absolute Gasteiger partial charge is 0.480 e. The van der Waals surface area contributed by atoms with E-state index < -0.39 is 17.5 Å². The molecule has 0 aliphatic heterocycles. The number of carbonyl (C=O) groups excluding carboxylic acids is 1. The smallest absolute Gasteiger partial charge is 0.329 e. The van der Waals surface area contributed by atoms with Crippen molar-refractivity contribution in [2.45, 2.75) is 32.4 Å². The molecule has 0 aliphatic carbocycles. The molecule has 6 heteroatoms. The summed E-state index contributed by atoms with van der Waals surface area (Å²) in [6.07, 6.45) is 0. The summed E-state index contributed by atoms with van der Waals surface area (Å²) in [5, 5.41) is 17.9. The van der Waals surface area contributed by atoms with E-state index >= 15 is 0 Å². The number of carboxylic acids is 1. The van der Waals surface area contributed by atoms with E-state index in [1.165, 1.54) is 32.8 Å². The fraction of sp³-hybridized carbons (Fsp3) is 0.800. The maximum absolute atomic E-state index is 11.9. The maximum atomic E-state index is 11.9. The van der Waals surface area contributed by atoms with Gasteiger partial charge in [-0.1, -0.05) is 0 Å². The highest BCUT2D eigenvalue weighted by Crippen LogP contribution is 2.15. The van der Waals surface area contributed by atoms with Gasteiger partial charge in [-0.15, -0.1) is 0 Å². The van der Waals surface area contributed by atoms with Gasteiger partial charge in [-0.3, -0.25) is 0 Å². The number of aliphatic carboxylic acids is 1. The molecule has 1 atom stereocenters. The van der Waals surface area contributed by atoms with E-state index in [1.54, 1.807) is 6.92 Å². The van der Waals surface area contributed by atoms with Crippen LogP contribution in [0, 0.1) is 0 Å². The van der Waals surface area contributed by atoms with E-state index in [2.05, 4.69) is 0 Å². The summed E-state index contributed by atoms with van der Waals surface area (Å²) in [6, 6.07) is -0.784. The predicted octanol–water partition coefficient (Wildman–Crippen LogP) is 0.214. The molecule has 0 saturated carbocycles. The Morgan fingerprint density at radius 2 is 1.75 bits per heavy atom. The summed E-state index contributed by atoms with van der Waals surface area (Å²) in [5.41, 5.74) is -1.28. The lowest BCUT2D eigenvalue weighted by Crippen LogP contribution is -2.56. The number of hydrogen-bond donors (Lipinski definition) is 2. The molecule has 16 heavy (non-hydrogen) atoms. The van der Waals surface area contributed by atoms with Crippen molar-refractivity contribution >= 4 is 12.0 Å². The molecule has 0 fully saturated rings. The summed E-state index contributed by atoms with van der Waals surface area (Å²) < 4.78 is 0. The van der Waals surface area contributed by atoms with E-state index in [4.69, 9.17) is 10.2 Å². The normalized spacial score (nSPS) is 13.1. The monoisotopic (exact) mass is 232 g/mol. The van der Waals surface area contributed by atoms with Gasteiger partial charge in [0.15, 0.2) is 0 Å². The summed E-state index contributed by atoms with van der Waals surface area (Å²) in [5.74, 6) is -1.08. The highest BCUT2D eigenvalue weighted by molar-refractivity contribution is 5.85. The van der Waals surface area contributed by atoms with Crippen molar-refractivity contribution in [2.75, 3.05) is 20.7 Å². The molecule has 0 aromatic carbocycles. The first kappa shape index (κ1) is 14.7. The molecule has 0 rings (SSSR count). The Morgan fingerprint density at radius 3 is 2.06 bits per heavy atom. The number of rotatable bonds is 4. The molecule has 2 N–H and O–H groups in total. The van der Waals surface area contributed by atoms with Crippen LogP contribution in [-0.4, -0.2) is 64.3 Å². The van der Waals surface area contributed by atoms with E-state index in [0.717, 1.165) is 4.90 Å². The summed E-state index contributed by atoms with van der Waals surface area (Å²) >= 11 is 0. The number of aliphatic hydroxyl groups excluding tert-OH is 1. The van der Waals surface area contributed by atoms with E-state index in [1.807, 2.05) is 0 Å². The predicted molar refractivity (Wildman–Crippen MR) is 59.2 cm³/mol. The average Bonchev–Trinajstić information content (AvgIpc) is 2.24. The Balaban J connectivity index is 4.81. The molecule has 6 nitrogen and oxygen atoms in total. The minimum absolute atomic E-state index is 0.163. The van der Waals surface area contributed by atoms with Gasteiger partial charge in [-0.25, -0.2) is 9.59 Å². The summed E-state index contributed by atoms with van der Waals surface area (Å²) in [7, 11) is 2.95. The number of aliphatic hydroxyl groups is 1. The van der Waals surface area contributed by atoms with Crippen LogP contribution in [0.1, 0.15) is 20.8 Å². The van der Waals surface area contributed by atoms with Gasteiger partial charge in [0.1, 0.15) is 5.54 Å². The van der Waals surface area contributed by atoms with Crippen LogP contribution in [0.25, 0.3) is 0 Å². The molecule has 0 radical (unpaired) electrons. The van der Waals surface area contributed by atoms with Crippen molar-refractivity contribution in [3.8, 4) is 0 Å². The maximum Gasteiger partial charge on any atom is 0.329 e. The van der Waals surface area contributed by atoms with Gasteiger partial charge in [0.2, 0.25) is 0 Å². The summed E-state index contributed by atoms with van der Waals surface area (Å²) in [6.45, 7) is 4.42. The third kappa shape index (κ3) is 2.85. The van der Waals surface area contributed by atoms with Crippen LogP contribution in [0.2, 0.25) is 0 Å². The minimum Gasteiger partial charge on any atom is -0.480 e. The standard InChI is InChI=1S/C10H20N2O4/c1-7(6-13)11(4)9(16)12(5)10(2,3)8(14)15/h7,13H,6H2,1-5H3,(H,14,15). The highest BCUT2D eigenvalue weighted by atomic mass is 16.4. The zero-order valence-corrected chi connectivity index (χ0v) is 10.4. The lowest BCUT2D eigenvalue weighted by molar-refractivity contribution is -0.147. The zero-order chi connectivity index (χ0) is 13.1. The van der Waals surface area contributed by atoms with Crippen LogP contribution < -0.4 is 0 Å². The minimum atomic E-state index is -1.28. The van der Waals surface area contributed by atoms with Crippen LogP contribution in [0.3, 0.4) is 0 Å². The third-order valence-corrected chi connectivity index (χ3v) is 2.88. The van der Waals surface area contributed by atoms with Gasteiger partial charge in [0, 0.05) is 14.1 Å². The quantitative estimate of drug-likeness (QED) is 0.726. The van der Waals surface area contributed by atoms with Crippen molar-refractivity contribution in [3.05, 3.63) is 0 Å². The van der Waals surface area contributed by atoms with Crippen LogP contribution in [0.4, 0.5) is 4.79 Å². The first-order chi connectivity index (χ1) is 7.16. The van der Waals surface area contributed by atoms with Gasteiger partial charge in [0.05, 0.1) is 12.6 Å². The Kier molecular flexibility index (Phi) is 4.74. The molecular formula is C10H20N2O4.